The predicted octanol–water partition coefficient (Wildman–Crippen LogP) is 1.91. The number of carbonyl (C=O) groups is 2. The zero-order valence-corrected chi connectivity index (χ0v) is 18.1. The molecule has 2 aliphatic rings. The Morgan fingerprint density at radius 2 is 1.69 bits per heavy atom. The molecule has 0 spiro atoms. The Balaban J connectivity index is 1.37. The van der Waals surface area contributed by atoms with E-state index in [0.717, 1.165) is 65.1 Å². The molecule has 1 atom stereocenters. The van der Waals surface area contributed by atoms with Crippen LogP contribution < -0.4 is 0 Å². The fourth-order valence-corrected chi connectivity index (χ4v) is 4.38. The molecule has 2 saturated heterocycles. The molecule has 6 heteroatoms. The fourth-order valence-electron chi connectivity index (χ4n) is 4.38. The molecule has 0 radical (unpaired) electrons. The van der Waals surface area contributed by atoms with E-state index in [4.69, 9.17) is 0 Å². The minimum Gasteiger partial charge on any atom is -0.341 e. The smallest absolute Gasteiger partial charge is 0.236 e. The second-order valence-electron chi connectivity index (χ2n) is 8.77. The van der Waals surface area contributed by atoms with Gasteiger partial charge in [-0.15, -0.1) is 0 Å². The van der Waals surface area contributed by atoms with Crippen molar-refractivity contribution in [2.24, 2.45) is 5.92 Å². The van der Waals surface area contributed by atoms with Crippen molar-refractivity contribution in [3.63, 3.8) is 0 Å². The molecule has 0 aromatic heterocycles. The number of piperazine rings is 1. The van der Waals surface area contributed by atoms with Crippen LogP contribution in [0.4, 0.5) is 0 Å². The first-order valence-electron chi connectivity index (χ1n) is 11.0. The lowest BCUT2D eigenvalue weighted by Crippen LogP contribution is -2.48. The topological polar surface area (TPSA) is 47.1 Å². The number of likely N-dealkylation sites (tertiary alicyclic amines) is 1. The van der Waals surface area contributed by atoms with Crippen molar-refractivity contribution in [3.8, 4) is 0 Å². The van der Waals surface area contributed by atoms with E-state index in [1.807, 2.05) is 34.9 Å². The third-order valence-corrected chi connectivity index (χ3v) is 6.06. The zero-order valence-electron chi connectivity index (χ0n) is 18.1. The second-order valence-corrected chi connectivity index (χ2v) is 8.77. The summed E-state index contributed by atoms with van der Waals surface area (Å²) in [5.41, 5.74) is 1.33. The van der Waals surface area contributed by atoms with Crippen LogP contribution in [0.25, 0.3) is 0 Å². The summed E-state index contributed by atoms with van der Waals surface area (Å²) >= 11 is 0. The number of nitrogens with zero attached hydrogens (tertiary/aromatic N) is 4. The Hall–Kier alpha value is -1.92. The second kappa shape index (κ2) is 10.7. The van der Waals surface area contributed by atoms with Gasteiger partial charge in [0.1, 0.15) is 0 Å². The average molecular weight is 401 g/mol. The van der Waals surface area contributed by atoms with E-state index in [1.54, 1.807) is 0 Å². The molecule has 29 heavy (non-hydrogen) atoms. The van der Waals surface area contributed by atoms with Crippen LogP contribution in [-0.2, 0) is 16.1 Å². The van der Waals surface area contributed by atoms with Gasteiger partial charge in [0.15, 0.2) is 0 Å². The number of rotatable bonds is 7. The van der Waals surface area contributed by atoms with E-state index in [2.05, 4.69) is 29.2 Å². The highest BCUT2D eigenvalue weighted by Gasteiger charge is 2.26. The van der Waals surface area contributed by atoms with E-state index < -0.39 is 0 Å². The number of likely N-dealkylation sites (N-methyl/N-ethyl adjacent to an activating group) is 1. The molecule has 1 aromatic rings. The normalized spacial score (nSPS) is 20.9. The molecule has 0 N–H and O–H groups in total. The standard InChI is InChI=1S/C23H36N4O2/c1-24(2)19-23(29)27-12-6-9-21(18-27)10-11-22(28)26-15-13-25(14-16-26)17-20-7-4-3-5-8-20/h3-5,7-8,21H,6,9-19H2,1-2H3. The maximum atomic E-state index is 12.7. The summed E-state index contributed by atoms with van der Waals surface area (Å²) in [5.74, 6) is 0.944. The highest BCUT2D eigenvalue weighted by molar-refractivity contribution is 5.78. The number of hydrogen-bond acceptors (Lipinski definition) is 4. The van der Waals surface area contributed by atoms with Crippen molar-refractivity contribution < 1.29 is 9.59 Å². The quantitative estimate of drug-likeness (QED) is 0.702. The van der Waals surface area contributed by atoms with Gasteiger partial charge in [0.05, 0.1) is 6.54 Å². The first kappa shape index (κ1) is 21.8. The van der Waals surface area contributed by atoms with Crippen LogP contribution >= 0.6 is 0 Å². The van der Waals surface area contributed by atoms with Crippen molar-refractivity contribution in [2.75, 3.05) is 59.9 Å². The summed E-state index contributed by atoms with van der Waals surface area (Å²) < 4.78 is 0. The van der Waals surface area contributed by atoms with Gasteiger partial charge in [-0.25, -0.2) is 0 Å². The Morgan fingerprint density at radius 3 is 2.38 bits per heavy atom. The Morgan fingerprint density at radius 1 is 0.966 bits per heavy atom. The number of benzene rings is 1. The number of carbonyl (C=O) groups excluding carboxylic acids is 2. The molecular weight excluding hydrogens is 364 g/mol. The van der Waals surface area contributed by atoms with Crippen molar-refractivity contribution in [1.29, 1.82) is 0 Å². The summed E-state index contributed by atoms with van der Waals surface area (Å²) in [6.07, 6.45) is 3.69. The van der Waals surface area contributed by atoms with Crippen LogP contribution in [0.5, 0.6) is 0 Å². The number of hydrogen-bond donors (Lipinski definition) is 0. The van der Waals surface area contributed by atoms with E-state index >= 15 is 0 Å². The lowest BCUT2D eigenvalue weighted by molar-refractivity contribution is -0.134. The van der Waals surface area contributed by atoms with Gasteiger partial charge >= 0.3 is 0 Å². The van der Waals surface area contributed by atoms with Gasteiger partial charge in [0, 0.05) is 52.2 Å². The Bertz CT molecular complexity index is 656. The van der Waals surface area contributed by atoms with Crippen LogP contribution in [0, 0.1) is 5.92 Å². The van der Waals surface area contributed by atoms with Gasteiger partial charge in [-0.3, -0.25) is 14.5 Å². The number of amides is 2. The fraction of sp³-hybridized carbons (Fsp3) is 0.652. The molecule has 6 nitrogen and oxygen atoms in total. The van der Waals surface area contributed by atoms with Crippen molar-refractivity contribution in [3.05, 3.63) is 35.9 Å². The predicted molar refractivity (Wildman–Crippen MR) is 115 cm³/mol. The van der Waals surface area contributed by atoms with Gasteiger partial charge in [-0.1, -0.05) is 30.3 Å². The maximum absolute atomic E-state index is 12.7. The summed E-state index contributed by atoms with van der Waals surface area (Å²) in [7, 11) is 3.86. The summed E-state index contributed by atoms with van der Waals surface area (Å²) in [6, 6.07) is 10.5. The molecule has 0 aliphatic carbocycles. The van der Waals surface area contributed by atoms with E-state index in [0.29, 0.717) is 18.9 Å². The summed E-state index contributed by atoms with van der Waals surface area (Å²) in [6.45, 7) is 6.63. The maximum Gasteiger partial charge on any atom is 0.236 e. The van der Waals surface area contributed by atoms with Gasteiger partial charge in [-0.2, -0.15) is 0 Å². The molecule has 1 unspecified atom stereocenters. The highest BCUT2D eigenvalue weighted by atomic mass is 16.2. The van der Waals surface area contributed by atoms with Gasteiger partial charge in [0.25, 0.3) is 0 Å². The lowest BCUT2D eigenvalue weighted by Gasteiger charge is -2.36. The Kier molecular flexibility index (Phi) is 8.07. The third-order valence-electron chi connectivity index (χ3n) is 6.06. The molecule has 2 aliphatic heterocycles. The van der Waals surface area contributed by atoms with Crippen LogP contribution in [0.3, 0.4) is 0 Å². The van der Waals surface area contributed by atoms with Crippen LogP contribution in [0.1, 0.15) is 31.2 Å². The van der Waals surface area contributed by atoms with Gasteiger partial charge < -0.3 is 14.7 Å². The largest absolute Gasteiger partial charge is 0.341 e. The summed E-state index contributed by atoms with van der Waals surface area (Å²) in [5, 5.41) is 0. The SMILES string of the molecule is CN(C)CC(=O)N1CCCC(CCC(=O)N2CCN(Cc3ccccc3)CC2)C1. The van der Waals surface area contributed by atoms with E-state index in [-0.39, 0.29) is 11.8 Å². The minimum absolute atomic E-state index is 0.209. The van der Waals surface area contributed by atoms with Gasteiger partial charge in [-0.05, 0) is 44.8 Å². The minimum atomic E-state index is 0.209. The van der Waals surface area contributed by atoms with Gasteiger partial charge in [0.2, 0.25) is 11.8 Å². The first-order chi connectivity index (χ1) is 14.0. The van der Waals surface area contributed by atoms with Crippen LogP contribution in [-0.4, -0.2) is 91.3 Å². The van der Waals surface area contributed by atoms with E-state index in [1.165, 1.54) is 5.56 Å². The summed E-state index contributed by atoms with van der Waals surface area (Å²) in [4.78, 5) is 33.4. The number of piperidine rings is 1. The molecule has 3 rings (SSSR count). The zero-order chi connectivity index (χ0) is 20.6. The van der Waals surface area contributed by atoms with Crippen molar-refractivity contribution >= 4 is 11.8 Å². The third kappa shape index (κ3) is 6.82. The molecule has 2 amide bonds. The van der Waals surface area contributed by atoms with Crippen molar-refractivity contribution in [2.45, 2.75) is 32.2 Å². The van der Waals surface area contributed by atoms with Crippen LogP contribution in [0.15, 0.2) is 30.3 Å². The van der Waals surface area contributed by atoms with Crippen LogP contribution in [0.2, 0.25) is 0 Å². The Labute approximate surface area is 175 Å². The molecule has 1 aromatic carbocycles. The lowest BCUT2D eigenvalue weighted by atomic mass is 9.93. The highest BCUT2D eigenvalue weighted by Crippen LogP contribution is 2.22. The molecular formula is C23H36N4O2. The monoisotopic (exact) mass is 400 g/mol. The first-order valence-corrected chi connectivity index (χ1v) is 11.0. The van der Waals surface area contributed by atoms with Crippen molar-refractivity contribution in [1.82, 2.24) is 19.6 Å². The van der Waals surface area contributed by atoms with E-state index in [9.17, 15) is 9.59 Å². The molecule has 0 bridgehead atoms. The average Bonchev–Trinajstić information content (AvgIpc) is 2.73. The molecule has 0 saturated carbocycles. The molecule has 2 heterocycles. The molecule has 160 valence electrons. The molecule has 2 fully saturated rings.